The fraction of sp³-hybridized carbons (Fsp3) is 0. The molecule has 4 heteroatoms. The van der Waals surface area contributed by atoms with E-state index in [1.54, 1.807) is 0 Å². The number of aromatic hydroxyl groups is 3. The van der Waals surface area contributed by atoms with E-state index in [0.717, 1.165) is 11.3 Å². The van der Waals surface area contributed by atoms with Crippen molar-refractivity contribution in [3.05, 3.63) is 5.38 Å². The van der Waals surface area contributed by atoms with Crippen molar-refractivity contribution in [1.29, 1.82) is 0 Å². The van der Waals surface area contributed by atoms with E-state index in [4.69, 9.17) is 15.3 Å². The maximum absolute atomic E-state index is 8.56. The molecule has 0 saturated heterocycles. The maximum Gasteiger partial charge on any atom is 0.218 e. The molecule has 0 fully saturated rings. The number of rotatable bonds is 0. The molecule has 0 aliphatic heterocycles. The van der Waals surface area contributed by atoms with Crippen LogP contribution in [-0.4, -0.2) is 15.3 Å². The van der Waals surface area contributed by atoms with Crippen LogP contribution in [0.1, 0.15) is 0 Å². The minimum Gasteiger partial charge on any atom is -0.504 e. The molecule has 0 aliphatic carbocycles. The number of hydrogen-bond donors (Lipinski definition) is 3. The lowest BCUT2D eigenvalue weighted by Gasteiger charge is -1.83. The van der Waals surface area contributed by atoms with Crippen LogP contribution >= 0.6 is 11.3 Å². The van der Waals surface area contributed by atoms with Gasteiger partial charge in [0.25, 0.3) is 0 Å². The standard InChI is InChI=1S/C4H4O3S/c5-2-1-8-4(7)3(2)6/h1,5-7H. The zero-order chi connectivity index (χ0) is 6.15. The monoisotopic (exact) mass is 132 g/mol. The Balaban J connectivity index is 3.19. The maximum atomic E-state index is 8.56. The highest BCUT2D eigenvalue weighted by Gasteiger charge is 2.05. The van der Waals surface area contributed by atoms with Gasteiger partial charge in [0.2, 0.25) is 10.8 Å². The normalized spacial score (nSPS) is 9.50. The Hall–Kier alpha value is -0.900. The van der Waals surface area contributed by atoms with Crippen molar-refractivity contribution >= 4 is 11.3 Å². The van der Waals surface area contributed by atoms with Gasteiger partial charge in [-0.3, -0.25) is 0 Å². The smallest absolute Gasteiger partial charge is 0.218 e. The van der Waals surface area contributed by atoms with Crippen LogP contribution in [0.3, 0.4) is 0 Å². The molecule has 1 aromatic rings. The minimum atomic E-state index is -0.435. The lowest BCUT2D eigenvalue weighted by atomic mass is 10.5. The summed E-state index contributed by atoms with van der Waals surface area (Å²) in [5, 5.41) is 26.7. The van der Waals surface area contributed by atoms with Crippen LogP contribution in [-0.2, 0) is 0 Å². The Morgan fingerprint density at radius 1 is 1.25 bits per heavy atom. The zero-order valence-electron chi connectivity index (χ0n) is 3.83. The van der Waals surface area contributed by atoms with Crippen LogP contribution < -0.4 is 0 Å². The highest BCUT2D eigenvalue weighted by atomic mass is 32.1. The van der Waals surface area contributed by atoms with E-state index in [1.165, 1.54) is 5.38 Å². The van der Waals surface area contributed by atoms with Crippen molar-refractivity contribution < 1.29 is 15.3 Å². The molecule has 0 bridgehead atoms. The molecular weight excluding hydrogens is 128 g/mol. The summed E-state index contributed by atoms with van der Waals surface area (Å²) in [6.07, 6.45) is 0. The predicted octanol–water partition coefficient (Wildman–Crippen LogP) is 0.865. The molecule has 0 amide bonds. The predicted molar refractivity (Wildman–Crippen MR) is 29.3 cm³/mol. The second-order valence-corrected chi connectivity index (χ2v) is 2.13. The lowest BCUT2D eigenvalue weighted by Crippen LogP contribution is -1.54. The highest BCUT2D eigenvalue weighted by molar-refractivity contribution is 7.12. The first kappa shape index (κ1) is 5.24. The third kappa shape index (κ3) is 0.586. The van der Waals surface area contributed by atoms with E-state index in [2.05, 4.69) is 0 Å². The van der Waals surface area contributed by atoms with Crippen molar-refractivity contribution in [1.82, 2.24) is 0 Å². The molecule has 0 spiro atoms. The van der Waals surface area contributed by atoms with Gasteiger partial charge in [-0.25, -0.2) is 0 Å². The number of thiophene rings is 1. The van der Waals surface area contributed by atoms with Crippen LogP contribution in [0.2, 0.25) is 0 Å². The third-order valence-electron chi connectivity index (χ3n) is 0.727. The molecule has 1 rings (SSSR count). The van der Waals surface area contributed by atoms with Crippen LogP contribution in [0.4, 0.5) is 0 Å². The van der Waals surface area contributed by atoms with Gasteiger partial charge in [0.1, 0.15) is 0 Å². The first-order chi connectivity index (χ1) is 3.72. The van der Waals surface area contributed by atoms with E-state index in [-0.39, 0.29) is 10.8 Å². The average molecular weight is 132 g/mol. The van der Waals surface area contributed by atoms with E-state index >= 15 is 0 Å². The largest absolute Gasteiger partial charge is 0.504 e. The summed E-state index contributed by atoms with van der Waals surface area (Å²) in [6, 6.07) is 0. The Bertz CT molecular complexity index is 174. The van der Waals surface area contributed by atoms with Crippen LogP contribution in [0.15, 0.2) is 5.38 Å². The molecule has 0 radical (unpaired) electrons. The molecule has 0 aliphatic rings. The summed E-state index contributed by atoms with van der Waals surface area (Å²) in [4.78, 5) is 0. The van der Waals surface area contributed by atoms with Crippen molar-refractivity contribution in [2.24, 2.45) is 0 Å². The quantitative estimate of drug-likeness (QED) is 0.490. The fourth-order valence-electron chi connectivity index (χ4n) is 0.333. The molecular formula is C4H4O3S. The summed E-state index contributed by atoms with van der Waals surface area (Å²) in [5.41, 5.74) is 0. The molecule has 8 heavy (non-hydrogen) atoms. The second-order valence-electron chi connectivity index (χ2n) is 1.27. The molecule has 3 N–H and O–H groups in total. The van der Waals surface area contributed by atoms with Gasteiger partial charge in [-0.05, 0) is 0 Å². The van der Waals surface area contributed by atoms with Crippen molar-refractivity contribution in [3.63, 3.8) is 0 Å². The first-order valence-corrected chi connectivity index (χ1v) is 2.78. The Morgan fingerprint density at radius 2 is 1.88 bits per heavy atom. The van der Waals surface area contributed by atoms with E-state index in [0.29, 0.717) is 0 Å². The molecule has 1 aromatic heterocycles. The van der Waals surface area contributed by atoms with Crippen molar-refractivity contribution in [2.75, 3.05) is 0 Å². The number of hydrogen-bond acceptors (Lipinski definition) is 4. The molecule has 3 nitrogen and oxygen atoms in total. The fourth-order valence-corrected chi connectivity index (χ4v) is 0.884. The Kier molecular flexibility index (Phi) is 1.02. The van der Waals surface area contributed by atoms with Gasteiger partial charge in [0, 0.05) is 5.38 Å². The second kappa shape index (κ2) is 1.56. The average Bonchev–Trinajstić information content (AvgIpc) is 1.98. The van der Waals surface area contributed by atoms with E-state index in [9.17, 15) is 0 Å². The minimum absolute atomic E-state index is 0.248. The van der Waals surface area contributed by atoms with Crippen LogP contribution in [0.25, 0.3) is 0 Å². The Labute approximate surface area is 49.5 Å². The van der Waals surface area contributed by atoms with Crippen LogP contribution in [0.5, 0.6) is 16.6 Å². The molecule has 0 unspecified atom stereocenters. The molecule has 1 heterocycles. The SMILES string of the molecule is Oc1csc(O)c1O. The summed E-state index contributed by atoms with van der Waals surface area (Å²) in [6.45, 7) is 0. The van der Waals surface area contributed by atoms with Gasteiger partial charge in [0.15, 0.2) is 5.75 Å². The van der Waals surface area contributed by atoms with Gasteiger partial charge >= 0.3 is 0 Å². The molecule has 0 atom stereocenters. The lowest BCUT2D eigenvalue weighted by molar-refractivity contribution is 0.378. The summed E-state index contributed by atoms with van der Waals surface area (Å²) in [7, 11) is 0. The third-order valence-corrected chi connectivity index (χ3v) is 1.49. The van der Waals surface area contributed by atoms with Gasteiger partial charge < -0.3 is 15.3 Å². The van der Waals surface area contributed by atoms with Crippen molar-refractivity contribution in [2.45, 2.75) is 0 Å². The van der Waals surface area contributed by atoms with Crippen molar-refractivity contribution in [3.8, 4) is 16.6 Å². The van der Waals surface area contributed by atoms with E-state index in [1.807, 2.05) is 0 Å². The van der Waals surface area contributed by atoms with Gasteiger partial charge in [-0.1, -0.05) is 11.3 Å². The highest BCUT2D eigenvalue weighted by Crippen LogP contribution is 2.40. The van der Waals surface area contributed by atoms with Gasteiger partial charge in [-0.2, -0.15) is 0 Å². The molecule has 0 saturated carbocycles. The van der Waals surface area contributed by atoms with Gasteiger partial charge in [-0.15, -0.1) is 0 Å². The van der Waals surface area contributed by atoms with Crippen LogP contribution in [0, 0.1) is 0 Å². The van der Waals surface area contributed by atoms with Gasteiger partial charge in [0.05, 0.1) is 0 Å². The molecule has 44 valence electrons. The molecule has 0 aromatic carbocycles. The first-order valence-electron chi connectivity index (χ1n) is 1.90. The zero-order valence-corrected chi connectivity index (χ0v) is 4.64. The summed E-state index contributed by atoms with van der Waals surface area (Å²) < 4.78 is 0. The summed E-state index contributed by atoms with van der Waals surface area (Å²) >= 11 is 0.887. The van der Waals surface area contributed by atoms with E-state index < -0.39 is 5.75 Å². The topological polar surface area (TPSA) is 60.7 Å². The summed E-state index contributed by atoms with van der Waals surface area (Å²) in [5.74, 6) is -0.706. The Morgan fingerprint density at radius 3 is 2.00 bits per heavy atom.